The van der Waals surface area contributed by atoms with Crippen LogP contribution in [0.25, 0.3) is 0 Å². The molecule has 1 aromatic rings. The second-order valence-corrected chi connectivity index (χ2v) is 5.23. The molecule has 1 amide bonds. The van der Waals surface area contributed by atoms with Crippen molar-refractivity contribution in [3.05, 3.63) is 29.8 Å². The lowest BCUT2D eigenvalue weighted by molar-refractivity contribution is -0.122. The molecule has 0 aromatic heterocycles. The smallest absolute Gasteiger partial charge is 0.220 e. The number of carbonyl (C=O) groups excluding carboxylic acids is 1. The van der Waals surface area contributed by atoms with Gasteiger partial charge in [0.1, 0.15) is 5.75 Å². The number of benzene rings is 1. The summed E-state index contributed by atoms with van der Waals surface area (Å²) in [6.45, 7) is 5.57. The first kappa shape index (κ1) is 13.9. The molecule has 1 aliphatic heterocycles. The fraction of sp³-hybridized carbons (Fsp3) is 0.533. The summed E-state index contributed by atoms with van der Waals surface area (Å²) in [6.07, 6.45) is 1.72. The monoisotopic (exact) mass is 262 g/mol. The number of amides is 1. The number of rotatable bonds is 5. The third-order valence-corrected chi connectivity index (χ3v) is 3.13. The number of nitrogens with one attached hydrogen (secondary N) is 2. The third-order valence-electron chi connectivity index (χ3n) is 3.13. The number of hydrogen-bond acceptors (Lipinski definition) is 3. The van der Waals surface area contributed by atoms with E-state index >= 15 is 0 Å². The Bertz CT molecular complexity index is 422. The van der Waals surface area contributed by atoms with Gasteiger partial charge in [-0.25, -0.2) is 0 Å². The first-order chi connectivity index (χ1) is 9.13. The van der Waals surface area contributed by atoms with E-state index < -0.39 is 0 Å². The number of hydrogen-bond donors (Lipinski definition) is 2. The van der Waals surface area contributed by atoms with Crippen molar-refractivity contribution in [1.82, 2.24) is 10.6 Å². The maximum atomic E-state index is 11.1. The molecule has 0 aliphatic carbocycles. The fourth-order valence-corrected chi connectivity index (χ4v) is 2.17. The molecule has 1 aliphatic rings. The number of carbonyl (C=O) groups is 1. The van der Waals surface area contributed by atoms with Crippen LogP contribution < -0.4 is 15.4 Å². The van der Waals surface area contributed by atoms with E-state index in [9.17, 15) is 4.79 Å². The van der Waals surface area contributed by atoms with Gasteiger partial charge in [0.2, 0.25) is 5.91 Å². The molecule has 4 heteroatoms. The molecule has 0 spiro atoms. The maximum Gasteiger partial charge on any atom is 0.220 e. The first-order valence-corrected chi connectivity index (χ1v) is 6.89. The Labute approximate surface area is 114 Å². The molecule has 1 heterocycles. The van der Waals surface area contributed by atoms with Gasteiger partial charge in [0.25, 0.3) is 0 Å². The predicted octanol–water partition coefficient (Wildman–Crippen LogP) is 1.84. The largest absolute Gasteiger partial charge is 0.491 e. The van der Waals surface area contributed by atoms with Crippen LogP contribution in [0.3, 0.4) is 0 Å². The molecule has 1 unspecified atom stereocenters. The van der Waals surface area contributed by atoms with Crippen molar-refractivity contribution in [1.29, 1.82) is 0 Å². The standard InChI is InChI=1S/C15H22N2O2/c1-11(2)19-14-5-3-4-12(8-14)9-16-13-6-7-15(18)17-10-13/h3-5,8,11,13,16H,6-7,9-10H2,1-2H3,(H,17,18). The van der Waals surface area contributed by atoms with E-state index in [0.717, 1.165) is 25.3 Å². The molecule has 1 saturated heterocycles. The van der Waals surface area contributed by atoms with E-state index in [0.29, 0.717) is 12.5 Å². The van der Waals surface area contributed by atoms with Crippen LogP contribution in [0.2, 0.25) is 0 Å². The molecule has 1 atom stereocenters. The van der Waals surface area contributed by atoms with Crippen molar-refractivity contribution < 1.29 is 9.53 Å². The van der Waals surface area contributed by atoms with Crippen molar-refractivity contribution in [2.75, 3.05) is 6.54 Å². The third kappa shape index (κ3) is 4.56. The SMILES string of the molecule is CC(C)Oc1cccc(CNC2CCC(=O)NC2)c1. The van der Waals surface area contributed by atoms with Crippen molar-refractivity contribution in [2.45, 2.75) is 45.4 Å². The van der Waals surface area contributed by atoms with Crippen LogP contribution >= 0.6 is 0 Å². The molecule has 1 fully saturated rings. The minimum absolute atomic E-state index is 0.158. The first-order valence-electron chi connectivity index (χ1n) is 6.89. The van der Waals surface area contributed by atoms with Gasteiger partial charge in [-0.2, -0.15) is 0 Å². The van der Waals surface area contributed by atoms with Crippen molar-refractivity contribution in [3.8, 4) is 5.75 Å². The Morgan fingerprint density at radius 3 is 3.00 bits per heavy atom. The summed E-state index contributed by atoms with van der Waals surface area (Å²) in [4.78, 5) is 11.1. The van der Waals surface area contributed by atoms with Crippen molar-refractivity contribution >= 4 is 5.91 Å². The minimum Gasteiger partial charge on any atom is -0.491 e. The quantitative estimate of drug-likeness (QED) is 0.851. The van der Waals surface area contributed by atoms with Crippen LogP contribution in [-0.2, 0) is 11.3 Å². The van der Waals surface area contributed by atoms with Gasteiger partial charge in [-0.05, 0) is 38.0 Å². The summed E-state index contributed by atoms with van der Waals surface area (Å²) in [5.74, 6) is 1.07. The highest BCUT2D eigenvalue weighted by atomic mass is 16.5. The highest BCUT2D eigenvalue weighted by Gasteiger charge is 2.16. The lowest BCUT2D eigenvalue weighted by Crippen LogP contribution is -2.45. The molecule has 104 valence electrons. The summed E-state index contributed by atoms with van der Waals surface area (Å²) < 4.78 is 5.68. The van der Waals surface area contributed by atoms with E-state index in [2.05, 4.69) is 22.8 Å². The average Bonchev–Trinajstić information content (AvgIpc) is 2.38. The Morgan fingerprint density at radius 2 is 2.32 bits per heavy atom. The summed E-state index contributed by atoms with van der Waals surface area (Å²) >= 11 is 0. The second-order valence-electron chi connectivity index (χ2n) is 5.23. The van der Waals surface area contributed by atoms with Crippen LogP contribution in [0, 0.1) is 0 Å². The van der Waals surface area contributed by atoms with Gasteiger partial charge in [-0.1, -0.05) is 12.1 Å². The molecule has 0 radical (unpaired) electrons. The summed E-state index contributed by atoms with van der Waals surface area (Å²) in [7, 11) is 0. The van der Waals surface area contributed by atoms with E-state index in [1.165, 1.54) is 5.56 Å². The van der Waals surface area contributed by atoms with Gasteiger partial charge in [0.15, 0.2) is 0 Å². The second kappa shape index (κ2) is 6.57. The average molecular weight is 262 g/mol. The van der Waals surface area contributed by atoms with Gasteiger partial charge in [0, 0.05) is 25.6 Å². The summed E-state index contributed by atoms with van der Waals surface area (Å²) in [5, 5.41) is 6.35. The molecule has 2 N–H and O–H groups in total. The van der Waals surface area contributed by atoms with Crippen LogP contribution in [0.15, 0.2) is 24.3 Å². The van der Waals surface area contributed by atoms with Gasteiger partial charge >= 0.3 is 0 Å². The molecule has 0 saturated carbocycles. The van der Waals surface area contributed by atoms with Gasteiger partial charge in [-0.3, -0.25) is 4.79 Å². The number of ether oxygens (including phenoxy) is 1. The highest BCUT2D eigenvalue weighted by molar-refractivity contribution is 5.76. The Balaban J connectivity index is 1.83. The zero-order valence-electron chi connectivity index (χ0n) is 11.6. The topological polar surface area (TPSA) is 50.4 Å². The van der Waals surface area contributed by atoms with Crippen LogP contribution in [-0.4, -0.2) is 24.6 Å². The van der Waals surface area contributed by atoms with Crippen LogP contribution in [0.1, 0.15) is 32.3 Å². The minimum atomic E-state index is 0.158. The van der Waals surface area contributed by atoms with E-state index in [1.807, 2.05) is 26.0 Å². The normalized spacial score (nSPS) is 19.3. The van der Waals surface area contributed by atoms with Gasteiger partial charge < -0.3 is 15.4 Å². The molecule has 1 aromatic carbocycles. The molecule has 2 rings (SSSR count). The van der Waals surface area contributed by atoms with E-state index in [-0.39, 0.29) is 12.0 Å². The molecule has 4 nitrogen and oxygen atoms in total. The Kier molecular flexibility index (Phi) is 4.80. The van der Waals surface area contributed by atoms with Crippen LogP contribution in [0.5, 0.6) is 5.75 Å². The highest BCUT2D eigenvalue weighted by Crippen LogP contribution is 2.15. The van der Waals surface area contributed by atoms with Crippen molar-refractivity contribution in [2.24, 2.45) is 0 Å². The molecule has 0 bridgehead atoms. The van der Waals surface area contributed by atoms with Crippen molar-refractivity contribution in [3.63, 3.8) is 0 Å². The lowest BCUT2D eigenvalue weighted by atomic mass is 10.1. The van der Waals surface area contributed by atoms with Crippen LogP contribution in [0.4, 0.5) is 0 Å². The summed E-state index contributed by atoms with van der Waals surface area (Å²) in [6, 6.07) is 8.50. The summed E-state index contributed by atoms with van der Waals surface area (Å²) in [5.41, 5.74) is 1.20. The zero-order chi connectivity index (χ0) is 13.7. The Morgan fingerprint density at radius 1 is 1.47 bits per heavy atom. The molecular formula is C15H22N2O2. The maximum absolute atomic E-state index is 11.1. The molecular weight excluding hydrogens is 240 g/mol. The lowest BCUT2D eigenvalue weighted by Gasteiger charge is -2.23. The van der Waals surface area contributed by atoms with E-state index in [1.54, 1.807) is 0 Å². The fourth-order valence-electron chi connectivity index (χ4n) is 2.17. The number of piperidine rings is 1. The van der Waals surface area contributed by atoms with Gasteiger partial charge in [0.05, 0.1) is 6.10 Å². The zero-order valence-corrected chi connectivity index (χ0v) is 11.6. The van der Waals surface area contributed by atoms with E-state index in [4.69, 9.17) is 4.74 Å². The van der Waals surface area contributed by atoms with Gasteiger partial charge in [-0.15, -0.1) is 0 Å². The predicted molar refractivity (Wildman–Crippen MR) is 75.1 cm³/mol. The molecule has 19 heavy (non-hydrogen) atoms. The Hall–Kier alpha value is -1.55.